The van der Waals surface area contributed by atoms with Gasteiger partial charge in [-0.2, -0.15) is 18.2 Å². The van der Waals surface area contributed by atoms with Crippen LogP contribution < -0.4 is 11.1 Å². The van der Waals surface area contributed by atoms with Crippen LogP contribution >= 0.6 is 0 Å². The van der Waals surface area contributed by atoms with Crippen molar-refractivity contribution < 1.29 is 13.2 Å². The van der Waals surface area contributed by atoms with E-state index in [2.05, 4.69) is 20.3 Å². The van der Waals surface area contributed by atoms with Crippen molar-refractivity contribution in [3.63, 3.8) is 0 Å². The van der Waals surface area contributed by atoms with Gasteiger partial charge in [0.05, 0.1) is 16.8 Å². The number of nitrogens with one attached hydrogen (secondary N) is 1. The lowest BCUT2D eigenvalue weighted by Crippen LogP contribution is -2.04. The highest BCUT2D eigenvalue weighted by molar-refractivity contribution is 5.83. The number of benzene rings is 2. The van der Waals surface area contributed by atoms with Gasteiger partial charge in [0.15, 0.2) is 0 Å². The second kappa shape index (κ2) is 6.80. The van der Waals surface area contributed by atoms with Crippen LogP contribution in [0.3, 0.4) is 0 Å². The van der Waals surface area contributed by atoms with Gasteiger partial charge in [0, 0.05) is 28.9 Å². The van der Waals surface area contributed by atoms with Crippen LogP contribution in [0.2, 0.25) is 0 Å². The third kappa shape index (κ3) is 3.71. The highest BCUT2D eigenvalue weighted by Crippen LogP contribution is 2.31. The molecule has 8 heteroatoms. The molecule has 3 N–H and O–H groups in total. The molecule has 0 atom stereocenters. The largest absolute Gasteiger partial charge is 0.416 e. The Bertz CT molecular complexity index is 1140. The minimum Gasteiger partial charge on any atom is -0.368 e. The summed E-state index contributed by atoms with van der Waals surface area (Å²) in [5.74, 6) is 0.452. The van der Waals surface area contributed by atoms with E-state index in [0.717, 1.165) is 28.7 Å². The Hall–Kier alpha value is -3.68. The van der Waals surface area contributed by atoms with Crippen LogP contribution in [0.5, 0.6) is 0 Å². The van der Waals surface area contributed by atoms with E-state index >= 15 is 0 Å². The molecule has 0 radical (unpaired) electrons. The van der Waals surface area contributed by atoms with Crippen LogP contribution in [0.25, 0.3) is 22.2 Å². The van der Waals surface area contributed by atoms with E-state index in [0.29, 0.717) is 17.1 Å². The number of fused-ring (bicyclic) bond motifs is 1. The summed E-state index contributed by atoms with van der Waals surface area (Å²) in [4.78, 5) is 12.5. The minimum absolute atomic E-state index is 0.0161. The summed E-state index contributed by atoms with van der Waals surface area (Å²) in [5, 5.41) is 4.10. The first-order chi connectivity index (χ1) is 13.4. The summed E-state index contributed by atoms with van der Waals surface area (Å²) in [7, 11) is 0. The maximum Gasteiger partial charge on any atom is 0.416 e. The van der Waals surface area contributed by atoms with E-state index in [9.17, 15) is 13.2 Å². The first-order valence-corrected chi connectivity index (χ1v) is 8.32. The van der Waals surface area contributed by atoms with Crippen LogP contribution in [0, 0.1) is 0 Å². The zero-order valence-corrected chi connectivity index (χ0v) is 14.4. The molecule has 0 unspecified atom stereocenters. The van der Waals surface area contributed by atoms with Crippen molar-refractivity contribution in [1.82, 2.24) is 15.0 Å². The quantitative estimate of drug-likeness (QED) is 0.520. The standard InChI is InChI=1S/C20H14F3N5/c21-20(22,23)14-5-3-12(4-6-14)17-11-18(28-19(24)27-17)26-15-7-8-16-13(10-15)2-1-9-25-16/h1-11H,(H3,24,26,27,28). The van der Waals surface area contributed by atoms with Crippen LogP contribution in [0.4, 0.5) is 30.6 Å². The fraction of sp³-hybridized carbons (Fsp3) is 0.0500. The number of nitrogen functional groups attached to an aromatic ring is 1. The van der Waals surface area contributed by atoms with Gasteiger partial charge >= 0.3 is 6.18 Å². The minimum atomic E-state index is -4.39. The fourth-order valence-corrected chi connectivity index (χ4v) is 2.81. The third-order valence-corrected chi connectivity index (χ3v) is 4.13. The number of nitrogens with zero attached hydrogens (tertiary/aromatic N) is 3. The zero-order valence-electron chi connectivity index (χ0n) is 14.4. The Morgan fingerprint density at radius 1 is 0.893 bits per heavy atom. The molecule has 28 heavy (non-hydrogen) atoms. The summed E-state index contributed by atoms with van der Waals surface area (Å²) in [6, 6.07) is 15.8. The van der Waals surface area contributed by atoms with E-state index in [4.69, 9.17) is 5.73 Å². The maximum absolute atomic E-state index is 12.7. The highest BCUT2D eigenvalue weighted by Gasteiger charge is 2.30. The Morgan fingerprint density at radius 2 is 1.68 bits per heavy atom. The molecule has 140 valence electrons. The van der Waals surface area contributed by atoms with E-state index in [-0.39, 0.29) is 5.95 Å². The van der Waals surface area contributed by atoms with Gasteiger partial charge in [0.25, 0.3) is 0 Å². The Morgan fingerprint density at radius 3 is 2.43 bits per heavy atom. The molecule has 0 saturated heterocycles. The normalized spacial score (nSPS) is 11.5. The summed E-state index contributed by atoms with van der Waals surface area (Å²) in [6.45, 7) is 0. The van der Waals surface area contributed by atoms with E-state index in [1.54, 1.807) is 12.3 Å². The lowest BCUT2D eigenvalue weighted by atomic mass is 10.1. The van der Waals surface area contributed by atoms with Gasteiger partial charge in [-0.1, -0.05) is 18.2 Å². The van der Waals surface area contributed by atoms with Crippen molar-refractivity contribution >= 4 is 28.4 Å². The van der Waals surface area contributed by atoms with Gasteiger partial charge in [-0.3, -0.25) is 4.98 Å². The molecule has 2 heterocycles. The van der Waals surface area contributed by atoms with Crippen LogP contribution in [-0.2, 0) is 6.18 Å². The number of anilines is 3. The van der Waals surface area contributed by atoms with Gasteiger partial charge in [0.2, 0.25) is 5.95 Å². The molecule has 2 aromatic carbocycles. The lowest BCUT2D eigenvalue weighted by Gasteiger charge is -2.10. The average Bonchev–Trinajstić information content (AvgIpc) is 2.67. The van der Waals surface area contributed by atoms with Crippen molar-refractivity contribution in [2.45, 2.75) is 6.18 Å². The molecule has 0 aliphatic rings. The fourth-order valence-electron chi connectivity index (χ4n) is 2.81. The number of hydrogen-bond donors (Lipinski definition) is 2. The maximum atomic E-state index is 12.7. The molecule has 0 spiro atoms. The number of hydrogen-bond acceptors (Lipinski definition) is 5. The summed E-state index contributed by atoms with van der Waals surface area (Å²) < 4.78 is 38.2. The van der Waals surface area contributed by atoms with Crippen molar-refractivity contribution in [3.8, 4) is 11.3 Å². The molecule has 4 rings (SSSR count). The van der Waals surface area contributed by atoms with Gasteiger partial charge in [-0.15, -0.1) is 0 Å². The molecule has 0 aliphatic heterocycles. The summed E-state index contributed by atoms with van der Waals surface area (Å²) >= 11 is 0. The third-order valence-electron chi connectivity index (χ3n) is 4.13. The van der Waals surface area contributed by atoms with Crippen LogP contribution in [-0.4, -0.2) is 15.0 Å². The second-order valence-corrected chi connectivity index (χ2v) is 6.11. The first-order valence-electron chi connectivity index (χ1n) is 8.32. The predicted octanol–water partition coefficient (Wildman–Crippen LogP) is 5.04. The van der Waals surface area contributed by atoms with Crippen molar-refractivity contribution in [2.75, 3.05) is 11.1 Å². The zero-order chi connectivity index (χ0) is 19.7. The molecule has 0 bridgehead atoms. The molecule has 2 aromatic heterocycles. The molecular formula is C20H14F3N5. The number of rotatable bonds is 3. The Labute approximate surface area is 158 Å². The monoisotopic (exact) mass is 381 g/mol. The molecule has 5 nitrogen and oxygen atoms in total. The van der Waals surface area contributed by atoms with Crippen molar-refractivity contribution in [2.24, 2.45) is 0 Å². The van der Waals surface area contributed by atoms with E-state index in [1.165, 1.54) is 12.1 Å². The Balaban J connectivity index is 1.64. The van der Waals surface area contributed by atoms with Crippen LogP contribution in [0.15, 0.2) is 66.9 Å². The average molecular weight is 381 g/mol. The van der Waals surface area contributed by atoms with Crippen molar-refractivity contribution in [1.29, 1.82) is 0 Å². The number of nitrogens with two attached hydrogens (primary N) is 1. The van der Waals surface area contributed by atoms with E-state index < -0.39 is 11.7 Å². The molecule has 0 saturated carbocycles. The molecule has 0 aliphatic carbocycles. The van der Waals surface area contributed by atoms with Gasteiger partial charge in [-0.25, -0.2) is 4.98 Å². The molecule has 0 fully saturated rings. The first kappa shape index (κ1) is 17.7. The van der Waals surface area contributed by atoms with Crippen LogP contribution in [0.1, 0.15) is 5.56 Å². The van der Waals surface area contributed by atoms with Gasteiger partial charge in [0.1, 0.15) is 5.82 Å². The van der Waals surface area contributed by atoms with Crippen molar-refractivity contribution in [3.05, 3.63) is 72.4 Å². The molecule has 0 amide bonds. The number of aromatic nitrogens is 3. The second-order valence-electron chi connectivity index (χ2n) is 6.11. The van der Waals surface area contributed by atoms with Gasteiger partial charge in [-0.05, 0) is 36.4 Å². The summed E-state index contributed by atoms with van der Waals surface area (Å²) in [5.41, 5.74) is 7.63. The van der Waals surface area contributed by atoms with E-state index in [1.807, 2.05) is 30.3 Å². The number of alkyl halides is 3. The molecular weight excluding hydrogens is 367 g/mol. The number of pyridine rings is 1. The smallest absolute Gasteiger partial charge is 0.368 e. The predicted molar refractivity (Wildman–Crippen MR) is 102 cm³/mol. The Kier molecular flexibility index (Phi) is 4.31. The molecule has 4 aromatic rings. The number of halogens is 3. The summed E-state index contributed by atoms with van der Waals surface area (Å²) in [6.07, 6.45) is -2.67. The highest BCUT2D eigenvalue weighted by atomic mass is 19.4. The van der Waals surface area contributed by atoms with Gasteiger partial charge < -0.3 is 11.1 Å². The lowest BCUT2D eigenvalue weighted by molar-refractivity contribution is -0.137. The topological polar surface area (TPSA) is 76.7 Å². The SMILES string of the molecule is Nc1nc(Nc2ccc3ncccc3c2)cc(-c2ccc(C(F)(F)F)cc2)n1.